The van der Waals surface area contributed by atoms with Crippen LogP contribution < -0.4 is 4.90 Å². The van der Waals surface area contributed by atoms with Crippen molar-refractivity contribution in [1.29, 1.82) is 0 Å². The van der Waals surface area contributed by atoms with Gasteiger partial charge in [-0.25, -0.2) is 0 Å². The minimum absolute atomic E-state index is 0.247. The summed E-state index contributed by atoms with van der Waals surface area (Å²) in [5.74, 6) is 0.288. The number of benzene rings is 1. The average molecular weight is 244 g/mol. The Morgan fingerprint density at radius 1 is 1.17 bits per heavy atom. The number of anilines is 1. The van der Waals surface area contributed by atoms with E-state index in [2.05, 4.69) is 37.1 Å². The van der Waals surface area contributed by atoms with E-state index in [0.717, 1.165) is 31.6 Å². The summed E-state index contributed by atoms with van der Waals surface area (Å²) in [5, 5.41) is 0. The lowest BCUT2D eigenvalue weighted by molar-refractivity contribution is -0.124. The SMILES string of the molecule is Cc1ccc2c(c1)C1(CCN(C)CC1)C(=O)N2C. The van der Waals surface area contributed by atoms with Gasteiger partial charge in [-0.05, 0) is 51.5 Å². The van der Waals surface area contributed by atoms with Gasteiger partial charge in [0.25, 0.3) is 0 Å². The molecular weight excluding hydrogens is 224 g/mol. The van der Waals surface area contributed by atoms with Crippen LogP contribution in [0.5, 0.6) is 0 Å². The monoisotopic (exact) mass is 244 g/mol. The molecule has 0 aliphatic carbocycles. The van der Waals surface area contributed by atoms with Crippen molar-refractivity contribution in [2.75, 3.05) is 32.1 Å². The van der Waals surface area contributed by atoms with E-state index in [4.69, 9.17) is 0 Å². The Labute approximate surface area is 108 Å². The van der Waals surface area contributed by atoms with Crippen LogP contribution in [0.25, 0.3) is 0 Å². The van der Waals surface area contributed by atoms with Crippen molar-refractivity contribution in [1.82, 2.24) is 4.90 Å². The Hall–Kier alpha value is -1.35. The smallest absolute Gasteiger partial charge is 0.237 e. The van der Waals surface area contributed by atoms with Crippen molar-refractivity contribution < 1.29 is 4.79 Å². The highest BCUT2D eigenvalue weighted by Crippen LogP contribution is 2.47. The van der Waals surface area contributed by atoms with Crippen molar-refractivity contribution in [2.24, 2.45) is 0 Å². The molecule has 2 heterocycles. The van der Waals surface area contributed by atoms with Crippen molar-refractivity contribution in [3.8, 4) is 0 Å². The minimum atomic E-state index is -0.247. The molecule has 3 heteroatoms. The molecule has 2 aliphatic heterocycles. The molecule has 0 N–H and O–H groups in total. The first-order chi connectivity index (χ1) is 8.54. The van der Waals surface area contributed by atoms with E-state index in [1.807, 2.05) is 11.9 Å². The van der Waals surface area contributed by atoms with E-state index in [9.17, 15) is 4.79 Å². The predicted octanol–water partition coefficient (Wildman–Crippen LogP) is 1.93. The van der Waals surface area contributed by atoms with Gasteiger partial charge < -0.3 is 9.80 Å². The molecule has 1 saturated heterocycles. The highest BCUT2D eigenvalue weighted by Gasteiger charge is 2.50. The van der Waals surface area contributed by atoms with E-state index in [0.29, 0.717) is 0 Å². The molecule has 1 amide bonds. The normalized spacial score (nSPS) is 22.6. The summed E-state index contributed by atoms with van der Waals surface area (Å²) in [6.07, 6.45) is 1.90. The Balaban J connectivity index is 2.11. The summed E-state index contributed by atoms with van der Waals surface area (Å²) in [7, 11) is 4.04. The first-order valence-electron chi connectivity index (χ1n) is 6.62. The zero-order chi connectivity index (χ0) is 12.9. The molecule has 1 spiro atoms. The molecule has 2 aliphatic rings. The maximum Gasteiger partial charge on any atom is 0.237 e. The highest BCUT2D eigenvalue weighted by molar-refractivity contribution is 6.07. The quantitative estimate of drug-likeness (QED) is 0.696. The number of carbonyl (C=O) groups excluding carboxylic acids is 1. The Bertz CT molecular complexity index is 501. The number of piperidine rings is 1. The van der Waals surface area contributed by atoms with Gasteiger partial charge in [-0.3, -0.25) is 4.79 Å². The molecular formula is C15H20N2O. The zero-order valence-electron chi connectivity index (χ0n) is 11.4. The molecule has 0 atom stereocenters. The van der Waals surface area contributed by atoms with Gasteiger partial charge in [0.15, 0.2) is 0 Å². The summed E-state index contributed by atoms with van der Waals surface area (Å²) >= 11 is 0. The van der Waals surface area contributed by atoms with Gasteiger partial charge in [0, 0.05) is 12.7 Å². The number of hydrogen-bond acceptors (Lipinski definition) is 2. The fourth-order valence-electron chi connectivity index (χ4n) is 3.35. The molecule has 0 aromatic heterocycles. The molecule has 18 heavy (non-hydrogen) atoms. The van der Waals surface area contributed by atoms with Crippen LogP contribution in [-0.4, -0.2) is 38.0 Å². The van der Waals surface area contributed by atoms with Gasteiger partial charge in [-0.1, -0.05) is 17.7 Å². The number of likely N-dealkylation sites (N-methyl/N-ethyl adjacent to an activating group) is 1. The topological polar surface area (TPSA) is 23.6 Å². The second-order valence-electron chi connectivity index (χ2n) is 5.77. The molecule has 1 aromatic rings. The fourth-order valence-corrected chi connectivity index (χ4v) is 3.35. The van der Waals surface area contributed by atoms with Gasteiger partial charge in [0.1, 0.15) is 0 Å². The van der Waals surface area contributed by atoms with Crippen molar-refractivity contribution in [3.63, 3.8) is 0 Å². The number of hydrogen-bond donors (Lipinski definition) is 0. The largest absolute Gasteiger partial charge is 0.314 e. The van der Waals surface area contributed by atoms with Gasteiger partial charge in [0.05, 0.1) is 5.41 Å². The van der Waals surface area contributed by atoms with Gasteiger partial charge in [0.2, 0.25) is 5.91 Å². The standard InChI is InChI=1S/C15H20N2O/c1-11-4-5-13-12(10-11)15(14(18)17(13)3)6-8-16(2)9-7-15/h4-5,10H,6-9H2,1-3H3. The number of nitrogens with zero attached hydrogens (tertiary/aromatic N) is 2. The third kappa shape index (κ3) is 1.43. The summed E-state index contributed by atoms with van der Waals surface area (Å²) in [4.78, 5) is 16.8. The zero-order valence-corrected chi connectivity index (χ0v) is 11.4. The lowest BCUT2D eigenvalue weighted by Crippen LogP contribution is -2.47. The van der Waals surface area contributed by atoms with Crippen molar-refractivity contribution >= 4 is 11.6 Å². The molecule has 1 aromatic carbocycles. The summed E-state index contributed by atoms with van der Waals surface area (Å²) < 4.78 is 0. The molecule has 0 unspecified atom stereocenters. The molecule has 3 nitrogen and oxygen atoms in total. The Morgan fingerprint density at radius 3 is 2.50 bits per heavy atom. The van der Waals surface area contributed by atoms with Gasteiger partial charge >= 0.3 is 0 Å². The van der Waals surface area contributed by atoms with E-state index < -0.39 is 0 Å². The molecule has 1 fully saturated rings. The van der Waals surface area contributed by atoms with E-state index in [1.54, 1.807) is 0 Å². The maximum absolute atomic E-state index is 12.7. The molecule has 3 rings (SSSR count). The number of carbonyl (C=O) groups is 1. The summed E-state index contributed by atoms with van der Waals surface area (Å²) in [6, 6.07) is 6.40. The Kier molecular flexibility index (Phi) is 2.49. The lowest BCUT2D eigenvalue weighted by Gasteiger charge is -2.36. The number of amides is 1. The minimum Gasteiger partial charge on any atom is -0.314 e. The predicted molar refractivity (Wildman–Crippen MR) is 73.0 cm³/mol. The first-order valence-corrected chi connectivity index (χ1v) is 6.62. The lowest BCUT2D eigenvalue weighted by atomic mass is 9.73. The van der Waals surface area contributed by atoms with Crippen LogP contribution in [0.1, 0.15) is 24.0 Å². The van der Waals surface area contributed by atoms with Gasteiger partial charge in [-0.2, -0.15) is 0 Å². The van der Waals surface area contributed by atoms with Crippen LogP contribution in [0.3, 0.4) is 0 Å². The first kappa shape index (κ1) is 11.7. The number of likely N-dealkylation sites (tertiary alicyclic amines) is 1. The molecule has 0 saturated carbocycles. The third-order valence-electron chi connectivity index (χ3n) is 4.58. The maximum atomic E-state index is 12.7. The van der Waals surface area contributed by atoms with E-state index in [-0.39, 0.29) is 11.3 Å². The summed E-state index contributed by atoms with van der Waals surface area (Å²) in [5.41, 5.74) is 3.36. The highest BCUT2D eigenvalue weighted by atomic mass is 16.2. The van der Waals surface area contributed by atoms with Crippen LogP contribution in [-0.2, 0) is 10.2 Å². The number of aryl methyl sites for hydroxylation is 1. The van der Waals surface area contributed by atoms with Crippen LogP contribution >= 0.6 is 0 Å². The number of rotatable bonds is 0. The Morgan fingerprint density at radius 2 is 1.83 bits per heavy atom. The van der Waals surface area contributed by atoms with Crippen LogP contribution in [0, 0.1) is 6.92 Å². The third-order valence-corrected chi connectivity index (χ3v) is 4.58. The second-order valence-corrected chi connectivity index (χ2v) is 5.77. The van der Waals surface area contributed by atoms with E-state index >= 15 is 0 Å². The average Bonchev–Trinajstić information content (AvgIpc) is 2.56. The van der Waals surface area contributed by atoms with Crippen LogP contribution in [0.15, 0.2) is 18.2 Å². The van der Waals surface area contributed by atoms with Crippen LogP contribution in [0.4, 0.5) is 5.69 Å². The van der Waals surface area contributed by atoms with Crippen LogP contribution in [0.2, 0.25) is 0 Å². The molecule has 0 bridgehead atoms. The van der Waals surface area contributed by atoms with Crippen molar-refractivity contribution in [2.45, 2.75) is 25.2 Å². The molecule has 0 radical (unpaired) electrons. The fraction of sp³-hybridized carbons (Fsp3) is 0.533. The molecule has 96 valence electrons. The van der Waals surface area contributed by atoms with Crippen molar-refractivity contribution in [3.05, 3.63) is 29.3 Å². The number of fused-ring (bicyclic) bond motifs is 2. The summed E-state index contributed by atoms with van der Waals surface area (Å²) in [6.45, 7) is 4.12. The second kappa shape index (κ2) is 3.82. The van der Waals surface area contributed by atoms with E-state index in [1.165, 1.54) is 11.1 Å². The van der Waals surface area contributed by atoms with Gasteiger partial charge in [-0.15, -0.1) is 0 Å².